The number of carbonyl (C=O) groups is 1. The van der Waals surface area contributed by atoms with Crippen molar-refractivity contribution >= 4 is 17.5 Å². The summed E-state index contributed by atoms with van der Waals surface area (Å²) in [5, 5.41) is 3.16. The van der Waals surface area contributed by atoms with Crippen molar-refractivity contribution in [1.29, 1.82) is 0 Å². The average molecular weight is 279 g/mol. The summed E-state index contributed by atoms with van der Waals surface area (Å²) < 4.78 is 10.4. The summed E-state index contributed by atoms with van der Waals surface area (Å²) in [6, 6.07) is 1.57. The molecule has 1 saturated heterocycles. The number of hydrogen-bond acceptors (Lipinski definition) is 6. The smallest absolute Gasteiger partial charge is 0.341 e. The predicted octanol–water partition coefficient (Wildman–Crippen LogP) is 1.82. The third-order valence-corrected chi connectivity index (χ3v) is 3.35. The standard InChI is InChI=1S/C14H21N3O3/c1-19-14(18)12-8-10(15)9-17-13(12)16-6-5-11-4-2-3-7-20-11/h8-9,11H,2-7,15H2,1H3,(H,16,17). The molecule has 0 amide bonds. The van der Waals surface area contributed by atoms with Gasteiger partial charge in [0.05, 0.1) is 25.1 Å². The fourth-order valence-electron chi connectivity index (χ4n) is 2.27. The first-order chi connectivity index (χ1) is 9.70. The Hall–Kier alpha value is -1.82. The second kappa shape index (κ2) is 7.09. The molecule has 3 N–H and O–H groups in total. The molecular formula is C14H21N3O3. The molecule has 20 heavy (non-hydrogen) atoms. The Morgan fingerprint density at radius 1 is 1.60 bits per heavy atom. The molecule has 6 heteroatoms. The minimum Gasteiger partial charge on any atom is -0.465 e. The van der Waals surface area contributed by atoms with Gasteiger partial charge in [0.25, 0.3) is 0 Å². The first kappa shape index (κ1) is 14.6. The summed E-state index contributed by atoms with van der Waals surface area (Å²) in [5.41, 5.74) is 6.44. The van der Waals surface area contributed by atoms with Crippen LogP contribution in [0.25, 0.3) is 0 Å². The predicted molar refractivity (Wildman–Crippen MR) is 76.7 cm³/mol. The molecule has 2 heterocycles. The van der Waals surface area contributed by atoms with E-state index in [1.165, 1.54) is 19.7 Å². The van der Waals surface area contributed by atoms with Crippen molar-refractivity contribution in [2.75, 3.05) is 31.3 Å². The normalized spacial score (nSPS) is 18.6. The van der Waals surface area contributed by atoms with Crippen LogP contribution in [0.4, 0.5) is 11.5 Å². The Kier molecular flexibility index (Phi) is 5.17. The summed E-state index contributed by atoms with van der Waals surface area (Å²) in [4.78, 5) is 15.8. The van der Waals surface area contributed by atoms with Crippen molar-refractivity contribution in [2.24, 2.45) is 0 Å². The first-order valence-corrected chi connectivity index (χ1v) is 6.90. The van der Waals surface area contributed by atoms with Gasteiger partial charge >= 0.3 is 5.97 Å². The number of pyridine rings is 1. The van der Waals surface area contributed by atoms with E-state index in [0.717, 1.165) is 25.9 Å². The van der Waals surface area contributed by atoms with Gasteiger partial charge in [0.2, 0.25) is 0 Å². The van der Waals surface area contributed by atoms with E-state index in [4.69, 9.17) is 15.2 Å². The topological polar surface area (TPSA) is 86.5 Å². The summed E-state index contributed by atoms with van der Waals surface area (Å²) in [6.07, 6.45) is 6.18. The van der Waals surface area contributed by atoms with Gasteiger partial charge in [-0.2, -0.15) is 0 Å². The molecule has 0 bridgehead atoms. The Morgan fingerprint density at radius 2 is 2.45 bits per heavy atom. The van der Waals surface area contributed by atoms with E-state index in [1.807, 2.05) is 0 Å². The quantitative estimate of drug-likeness (QED) is 0.800. The number of aromatic nitrogens is 1. The highest BCUT2D eigenvalue weighted by atomic mass is 16.5. The van der Waals surface area contributed by atoms with E-state index in [-0.39, 0.29) is 0 Å². The number of rotatable bonds is 5. The third kappa shape index (κ3) is 3.84. The van der Waals surface area contributed by atoms with Crippen molar-refractivity contribution < 1.29 is 14.3 Å². The van der Waals surface area contributed by atoms with Crippen LogP contribution in [0.3, 0.4) is 0 Å². The van der Waals surface area contributed by atoms with Crippen LogP contribution >= 0.6 is 0 Å². The van der Waals surface area contributed by atoms with Gasteiger partial charge in [-0.1, -0.05) is 0 Å². The summed E-state index contributed by atoms with van der Waals surface area (Å²) in [7, 11) is 1.34. The highest BCUT2D eigenvalue weighted by Crippen LogP contribution is 2.18. The van der Waals surface area contributed by atoms with Crippen molar-refractivity contribution in [1.82, 2.24) is 4.98 Å². The minimum absolute atomic E-state index is 0.298. The first-order valence-electron chi connectivity index (χ1n) is 6.90. The van der Waals surface area contributed by atoms with E-state index in [9.17, 15) is 4.79 Å². The van der Waals surface area contributed by atoms with Crippen molar-refractivity contribution in [2.45, 2.75) is 31.8 Å². The molecule has 0 spiro atoms. The van der Waals surface area contributed by atoms with E-state index in [2.05, 4.69) is 10.3 Å². The van der Waals surface area contributed by atoms with Crippen LogP contribution in [0.1, 0.15) is 36.0 Å². The third-order valence-electron chi connectivity index (χ3n) is 3.35. The molecular weight excluding hydrogens is 258 g/mol. The van der Waals surface area contributed by atoms with Crippen molar-refractivity contribution in [3.8, 4) is 0 Å². The molecule has 0 radical (unpaired) electrons. The summed E-state index contributed by atoms with van der Waals surface area (Å²) in [5.74, 6) is 0.0584. The average Bonchev–Trinajstić information content (AvgIpc) is 2.49. The molecule has 1 aliphatic heterocycles. The molecule has 1 aromatic rings. The number of hydrogen-bond donors (Lipinski definition) is 2. The Morgan fingerprint density at radius 3 is 3.15 bits per heavy atom. The van der Waals surface area contributed by atoms with Crippen LogP contribution in [-0.2, 0) is 9.47 Å². The lowest BCUT2D eigenvalue weighted by Crippen LogP contribution is -2.22. The molecule has 1 unspecified atom stereocenters. The number of ether oxygens (including phenoxy) is 2. The van der Waals surface area contributed by atoms with E-state index in [1.54, 1.807) is 6.07 Å². The van der Waals surface area contributed by atoms with Crippen LogP contribution < -0.4 is 11.1 Å². The maximum atomic E-state index is 11.7. The van der Waals surface area contributed by atoms with Gasteiger partial charge in [0, 0.05) is 13.2 Å². The van der Waals surface area contributed by atoms with Gasteiger partial charge in [0.15, 0.2) is 0 Å². The molecule has 1 fully saturated rings. The van der Waals surface area contributed by atoms with Crippen LogP contribution in [0.2, 0.25) is 0 Å². The molecule has 110 valence electrons. The van der Waals surface area contributed by atoms with E-state index in [0.29, 0.717) is 29.7 Å². The highest BCUT2D eigenvalue weighted by molar-refractivity contribution is 5.95. The highest BCUT2D eigenvalue weighted by Gasteiger charge is 2.16. The van der Waals surface area contributed by atoms with Crippen molar-refractivity contribution in [3.05, 3.63) is 17.8 Å². The number of anilines is 2. The minimum atomic E-state index is -0.443. The fourth-order valence-corrected chi connectivity index (χ4v) is 2.27. The number of carbonyl (C=O) groups excluding carboxylic acids is 1. The summed E-state index contributed by atoms with van der Waals surface area (Å²) in [6.45, 7) is 1.55. The lowest BCUT2D eigenvalue weighted by Gasteiger charge is -2.22. The number of nitrogen functional groups attached to an aromatic ring is 1. The monoisotopic (exact) mass is 279 g/mol. The lowest BCUT2D eigenvalue weighted by molar-refractivity contribution is 0.0134. The zero-order valence-electron chi connectivity index (χ0n) is 11.7. The molecule has 0 saturated carbocycles. The number of nitrogens with zero attached hydrogens (tertiary/aromatic N) is 1. The molecule has 0 aliphatic carbocycles. The van der Waals surface area contributed by atoms with Gasteiger partial charge in [-0.05, 0) is 31.7 Å². The Balaban J connectivity index is 1.92. The van der Waals surface area contributed by atoms with Crippen molar-refractivity contribution in [3.63, 3.8) is 0 Å². The second-order valence-electron chi connectivity index (χ2n) is 4.86. The van der Waals surface area contributed by atoms with Gasteiger partial charge < -0.3 is 20.5 Å². The molecule has 1 atom stereocenters. The Labute approximate surface area is 118 Å². The maximum absolute atomic E-state index is 11.7. The van der Waals surface area contributed by atoms with E-state index < -0.39 is 5.97 Å². The maximum Gasteiger partial charge on any atom is 0.341 e. The Bertz CT molecular complexity index is 459. The molecule has 1 aromatic heterocycles. The SMILES string of the molecule is COC(=O)c1cc(N)cnc1NCCC1CCCCO1. The number of nitrogens with one attached hydrogen (secondary N) is 1. The van der Waals surface area contributed by atoms with Gasteiger partial charge in [0.1, 0.15) is 11.4 Å². The van der Waals surface area contributed by atoms with Crippen LogP contribution in [0.5, 0.6) is 0 Å². The zero-order chi connectivity index (χ0) is 14.4. The second-order valence-corrected chi connectivity index (χ2v) is 4.86. The largest absolute Gasteiger partial charge is 0.465 e. The molecule has 6 nitrogen and oxygen atoms in total. The molecule has 2 rings (SSSR count). The lowest BCUT2D eigenvalue weighted by atomic mass is 10.1. The number of nitrogens with two attached hydrogens (primary N) is 1. The number of methoxy groups -OCH3 is 1. The van der Waals surface area contributed by atoms with Gasteiger partial charge in [-0.15, -0.1) is 0 Å². The number of esters is 1. The fraction of sp³-hybridized carbons (Fsp3) is 0.571. The van der Waals surface area contributed by atoms with Gasteiger partial charge in [-0.3, -0.25) is 0 Å². The molecule has 0 aromatic carbocycles. The van der Waals surface area contributed by atoms with Crippen LogP contribution in [-0.4, -0.2) is 37.3 Å². The molecule has 1 aliphatic rings. The van der Waals surface area contributed by atoms with E-state index >= 15 is 0 Å². The van der Waals surface area contributed by atoms with Crippen LogP contribution in [0.15, 0.2) is 12.3 Å². The summed E-state index contributed by atoms with van der Waals surface area (Å²) >= 11 is 0. The zero-order valence-corrected chi connectivity index (χ0v) is 11.7. The van der Waals surface area contributed by atoms with Gasteiger partial charge in [-0.25, -0.2) is 9.78 Å². The van der Waals surface area contributed by atoms with Crippen LogP contribution in [0, 0.1) is 0 Å².